The quantitative estimate of drug-likeness (QED) is 0.492. The van der Waals surface area contributed by atoms with Crippen LogP contribution in [-0.4, -0.2) is 22.2 Å². The van der Waals surface area contributed by atoms with E-state index >= 15 is 0 Å². The first-order chi connectivity index (χ1) is 7.54. The molecule has 3 N–H and O–H groups in total. The number of ketones is 1. The van der Waals surface area contributed by atoms with Gasteiger partial charge in [-0.05, 0) is 23.8 Å². The van der Waals surface area contributed by atoms with Crippen molar-refractivity contribution in [2.24, 2.45) is 0 Å². The molecule has 0 saturated heterocycles. The third-order valence-corrected chi connectivity index (χ3v) is 2.52. The van der Waals surface area contributed by atoms with Crippen LogP contribution in [0, 0.1) is 0 Å². The molecule has 0 heterocycles. The molecule has 0 fully saturated rings. The van der Waals surface area contributed by atoms with Crippen molar-refractivity contribution in [1.82, 2.24) is 0 Å². The summed E-state index contributed by atoms with van der Waals surface area (Å²) in [4.78, 5) is 22.2. The van der Waals surface area contributed by atoms with Crippen LogP contribution in [0.5, 0.6) is 0 Å². The maximum absolute atomic E-state index is 11.6. The Morgan fingerprint density at radius 1 is 1.38 bits per heavy atom. The van der Waals surface area contributed by atoms with Gasteiger partial charge in [0.25, 0.3) is 0 Å². The predicted molar refractivity (Wildman–Crippen MR) is 64.9 cm³/mol. The van der Waals surface area contributed by atoms with E-state index in [1.807, 2.05) is 0 Å². The Bertz CT molecular complexity index is 418. The summed E-state index contributed by atoms with van der Waals surface area (Å²) in [7, 11) is 0. The minimum absolute atomic E-state index is 0.0245. The van der Waals surface area contributed by atoms with E-state index in [2.05, 4.69) is 15.9 Å². The molecule has 0 aliphatic carbocycles. The number of carbonyl (C=O) groups is 2. The van der Waals surface area contributed by atoms with Crippen molar-refractivity contribution in [2.75, 3.05) is 11.1 Å². The largest absolute Gasteiger partial charge is 0.481 e. The molecule has 4 nitrogen and oxygen atoms in total. The van der Waals surface area contributed by atoms with Crippen LogP contribution in [0.1, 0.15) is 22.3 Å². The van der Waals surface area contributed by atoms with Gasteiger partial charge in [-0.25, -0.2) is 0 Å². The van der Waals surface area contributed by atoms with Gasteiger partial charge >= 0.3 is 5.97 Å². The Morgan fingerprint density at radius 3 is 2.62 bits per heavy atom. The lowest BCUT2D eigenvalue weighted by atomic mass is 10.0. The van der Waals surface area contributed by atoms with Crippen molar-refractivity contribution in [3.05, 3.63) is 29.3 Å². The van der Waals surface area contributed by atoms with Crippen molar-refractivity contribution < 1.29 is 14.7 Å². The number of nitrogen functional groups attached to an aromatic ring is 1. The lowest BCUT2D eigenvalue weighted by Gasteiger charge is -2.05. The van der Waals surface area contributed by atoms with Crippen LogP contribution in [0.3, 0.4) is 0 Å². The van der Waals surface area contributed by atoms with E-state index in [-0.39, 0.29) is 12.2 Å². The van der Waals surface area contributed by atoms with Gasteiger partial charge in [0.05, 0.1) is 6.42 Å². The number of Topliss-reactive ketones (excluding diaryl/α,β-unsaturated/α-hetero) is 1. The fourth-order valence-corrected chi connectivity index (χ4v) is 1.69. The predicted octanol–water partition coefficient (Wildman–Crippen LogP) is 1.86. The SMILES string of the molecule is Nc1ccc(C(=O)CCBr)cc1CC(=O)O. The zero-order chi connectivity index (χ0) is 12.1. The van der Waals surface area contributed by atoms with Crippen LogP contribution >= 0.6 is 15.9 Å². The van der Waals surface area contributed by atoms with Crippen LogP contribution in [0.2, 0.25) is 0 Å². The van der Waals surface area contributed by atoms with Gasteiger partial charge in [0.2, 0.25) is 0 Å². The fourth-order valence-electron chi connectivity index (χ4n) is 1.33. The third-order valence-electron chi connectivity index (χ3n) is 2.13. The Hall–Kier alpha value is -1.36. The summed E-state index contributed by atoms with van der Waals surface area (Å²) in [6.45, 7) is 0. The highest BCUT2D eigenvalue weighted by molar-refractivity contribution is 9.09. The first kappa shape index (κ1) is 12.7. The number of aliphatic carboxylic acids is 1. The second kappa shape index (κ2) is 5.65. The van der Waals surface area contributed by atoms with E-state index in [1.165, 1.54) is 0 Å². The number of hydrogen-bond donors (Lipinski definition) is 2. The van der Waals surface area contributed by atoms with Crippen LogP contribution in [0.15, 0.2) is 18.2 Å². The summed E-state index contributed by atoms with van der Waals surface area (Å²) in [5.41, 5.74) is 7.01. The Balaban J connectivity index is 2.97. The average Bonchev–Trinajstić information content (AvgIpc) is 2.21. The number of nitrogens with two attached hydrogens (primary N) is 1. The summed E-state index contributed by atoms with van der Waals surface area (Å²) < 4.78 is 0. The fraction of sp³-hybridized carbons (Fsp3) is 0.273. The van der Waals surface area contributed by atoms with Gasteiger partial charge in [-0.15, -0.1) is 0 Å². The summed E-state index contributed by atoms with van der Waals surface area (Å²) >= 11 is 3.18. The Morgan fingerprint density at radius 2 is 2.06 bits per heavy atom. The molecule has 1 aromatic carbocycles. The van der Waals surface area contributed by atoms with Crippen LogP contribution < -0.4 is 5.73 Å². The molecule has 1 aromatic rings. The van der Waals surface area contributed by atoms with E-state index in [0.717, 1.165) is 0 Å². The first-order valence-corrected chi connectivity index (χ1v) is 5.86. The van der Waals surface area contributed by atoms with E-state index in [9.17, 15) is 9.59 Å². The lowest BCUT2D eigenvalue weighted by molar-refractivity contribution is -0.136. The summed E-state index contributed by atoms with van der Waals surface area (Å²) in [5, 5.41) is 9.26. The molecule has 0 aliphatic rings. The molecule has 1 rings (SSSR count). The monoisotopic (exact) mass is 285 g/mol. The number of halogens is 1. The number of benzene rings is 1. The number of carboxylic acid groups (broad SMARTS) is 1. The minimum atomic E-state index is -0.961. The highest BCUT2D eigenvalue weighted by Crippen LogP contribution is 2.16. The molecule has 86 valence electrons. The molecule has 0 amide bonds. The van der Waals surface area contributed by atoms with Crippen LogP contribution in [-0.2, 0) is 11.2 Å². The number of anilines is 1. The first-order valence-electron chi connectivity index (χ1n) is 4.74. The van der Waals surface area contributed by atoms with Gasteiger partial charge < -0.3 is 10.8 Å². The molecule has 0 aliphatic heterocycles. The lowest BCUT2D eigenvalue weighted by Crippen LogP contribution is -2.06. The summed E-state index contributed by atoms with van der Waals surface area (Å²) in [5.74, 6) is -0.986. The molecular formula is C11H12BrNO3. The minimum Gasteiger partial charge on any atom is -0.481 e. The number of hydrogen-bond acceptors (Lipinski definition) is 3. The maximum atomic E-state index is 11.6. The van der Waals surface area contributed by atoms with Crippen LogP contribution in [0.4, 0.5) is 5.69 Å². The van der Waals surface area contributed by atoms with Crippen molar-refractivity contribution in [3.63, 3.8) is 0 Å². The van der Waals surface area contributed by atoms with E-state index in [0.29, 0.717) is 28.6 Å². The Labute approximate surface area is 102 Å². The summed E-state index contributed by atoms with van der Waals surface area (Å²) in [6.07, 6.45) is 0.220. The molecule has 0 unspecified atom stereocenters. The third kappa shape index (κ3) is 3.34. The molecule has 0 radical (unpaired) electrons. The van der Waals surface area contributed by atoms with Gasteiger partial charge in [0.1, 0.15) is 0 Å². The molecule has 5 heteroatoms. The molecular weight excluding hydrogens is 274 g/mol. The highest BCUT2D eigenvalue weighted by Gasteiger charge is 2.10. The molecule has 0 bridgehead atoms. The molecule has 0 spiro atoms. The van der Waals surface area contributed by atoms with Gasteiger partial charge in [0, 0.05) is 23.0 Å². The number of rotatable bonds is 5. The number of carboxylic acids is 1. The molecule has 0 aromatic heterocycles. The van der Waals surface area contributed by atoms with Crippen molar-refractivity contribution in [2.45, 2.75) is 12.8 Å². The zero-order valence-electron chi connectivity index (χ0n) is 8.57. The highest BCUT2D eigenvalue weighted by atomic mass is 79.9. The van der Waals surface area contributed by atoms with Gasteiger partial charge in [-0.3, -0.25) is 9.59 Å². The average molecular weight is 286 g/mol. The summed E-state index contributed by atoms with van der Waals surface area (Å²) in [6, 6.07) is 4.74. The second-order valence-corrected chi connectivity index (χ2v) is 4.14. The molecule has 0 atom stereocenters. The smallest absolute Gasteiger partial charge is 0.307 e. The van der Waals surface area contributed by atoms with E-state index in [1.54, 1.807) is 18.2 Å². The number of carbonyl (C=O) groups excluding carboxylic acids is 1. The van der Waals surface area contributed by atoms with Gasteiger partial charge in [0.15, 0.2) is 5.78 Å². The van der Waals surface area contributed by atoms with E-state index < -0.39 is 5.97 Å². The standard InChI is InChI=1S/C11H12BrNO3/c12-4-3-10(14)7-1-2-9(13)8(5-7)6-11(15)16/h1-2,5H,3-4,6,13H2,(H,15,16). The van der Waals surface area contributed by atoms with Crippen molar-refractivity contribution in [1.29, 1.82) is 0 Å². The second-order valence-electron chi connectivity index (χ2n) is 3.35. The van der Waals surface area contributed by atoms with Crippen molar-refractivity contribution in [3.8, 4) is 0 Å². The van der Waals surface area contributed by atoms with Gasteiger partial charge in [-0.1, -0.05) is 15.9 Å². The van der Waals surface area contributed by atoms with Crippen molar-refractivity contribution >= 4 is 33.4 Å². The van der Waals surface area contributed by atoms with Crippen LogP contribution in [0.25, 0.3) is 0 Å². The molecule has 0 saturated carbocycles. The van der Waals surface area contributed by atoms with E-state index in [4.69, 9.17) is 10.8 Å². The Kier molecular flexibility index (Phi) is 4.49. The number of alkyl halides is 1. The maximum Gasteiger partial charge on any atom is 0.307 e. The zero-order valence-corrected chi connectivity index (χ0v) is 10.2. The van der Waals surface area contributed by atoms with Gasteiger partial charge in [-0.2, -0.15) is 0 Å². The normalized spacial score (nSPS) is 10.1. The molecule has 16 heavy (non-hydrogen) atoms. The topological polar surface area (TPSA) is 80.4 Å².